The van der Waals surface area contributed by atoms with Crippen LogP contribution in [0.2, 0.25) is 0 Å². The van der Waals surface area contributed by atoms with E-state index in [0.717, 1.165) is 15.8 Å². The number of halogens is 1. The lowest BCUT2D eigenvalue weighted by atomic mass is 10.1. The first-order chi connectivity index (χ1) is 6.32. The van der Waals surface area contributed by atoms with Gasteiger partial charge in [-0.2, -0.15) is 0 Å². The number of anilines is 2. The van der Waals surface area contributed by atoms with Crippen molar-refractivity contribution in [2.24, 2.45) is 0 Å². The summed E-state index contributed by atoms with van der Waals surface area (Å²) in [6.07, 6.45) is 0. The van der Waals surface area contributed by atoms with Crippen molar-refractivity contribution < 1.29 is 0 Å². The van der Waals surface area contributed by atoms with Gasteiger partial charge < -0.3 is 10.6 Å². The minimum absolute atomic E-state index is 0.0853. The Morgan fingerprint density at radius 3 is 2.29 bits per heavy atom. The lowest BCUT2D eigenvalue weighted by molar-refractivity contribution is 0.539. The topological polar surface area (TPSA) is 29.3 Å². The van der Waals surface area contributed by atoms with E-state index in [1.165, 1.54) is 0 Å². The molecule has 0 fully saturated rings. The van der Waals surface area contributed by atoms with E-state index in [-0.39, 0.29) is 5.54 Å². The molecule has 2 N–H and O–H groups in total. The van der Waals surface area contributed by atoms with Gasteiger partial charge in [0.1, 0.15) is 0 Å². The zero-order chi connectivity index (χ0) is 10.9. The van der Waals surface area contributed by atoms with Crippen LogP contribution >= 0.6 is 15.9 Å². The molecule has 3 heteroatoms. The van der Waals surface area contributed by atoms with Crippen LogP contribution in [-0.4, -0.2) is 12.6 Å². The zero-order valence-corrected chi connectivity index (χ0v) is 10.7. The molecular formula is C11H17BrN2. The molecule has 0 spiro atoms. The summed E-state index contributed by atoms with van der Waals surface area (Å²) in [7, 11) is 2.06. The molecule has 14 heavy (non-hydrogen) atoms. The Kier molecular flexibility index (Phi) is 3.10. The third kappa shape index (κ3) is 2.41. The number of nitrogens with zero attached hydrogens (tertiary/aromatic N) is 1. The van der Waals surface area contributed by atoms with Crippen molar-refractivity contribution in [2.75, 3.05) is 17.7 Å². The van der Waals surface area contributed by atoms with E-state index in [0.29, 0.717) is 0 Å². The van der Waals surface area contributed by atoms with Crippen molar-refractivity contribution >= 4 is 27.3 Å². The van der Waals surface area contributed by atoms with E-state index in [4.69, 9.17) is 5.73 Å². The van der Waals surface area contributed by atoms with Crippen LogP contribution < -0.4 is 10.6 Å². The van der Waals surface area contributed by atoms with Crippen LogP contribution in [0.3, 0.4) is 0 Å². The smallest absolute Gasteiger partial charge is 0.0602 e. The third-order valence-electron chi connectivity index (χ3n) is 2.36. The summed E-state index contributed by atoms with van der Waals surface area (Å²) < 4.78 is 1.01. The maximum Gasteiger partial charge on any atom is 0.0602 e. The highest BCUT2D eigenvalue weighted by molar-refractivity contribution is 9.10. The second kappa shape index (κ2) is 3.81. The predicted molar refractivity (Wildman–Crippen MR) is 66.7 cm³/mol. The van der Waals surface area contributed by atoms with Crippen molar-refractivity contribution in [3.8, 4) is 0 Å². The maximum absolute atomic E-state index is 5.95. The number of hydrogen-bond acceptors (Lipinski definition) is 2. The molecule has 0 saturated carbocycles. The highest BCUT2D eigenvalue weighted by atomic mass is 79.9. The summed E-state index contributed by atoms with van der Waals surface area (Å²) in [4.78, 5) is 2.18. The Morgan fingerprint density at radius 2 is 1.86 bits per heavy atom. The standard InChI is InChI=1S/C11H17BrN2/c1-11(2,3)14(4)10-6-5-8(12)7-9(10)13/h5-7H,13H2,1-4H3. The SMILES string of the molecule is CN(c1ccc(Br)cc1N)C(C)(C)C. The van der Waals surface area contributed by atoms with Crippen LogP contribution in [0.15, 0.2) is 22.7 Å². The van der Waals surface area contributed by atoms with Gasteiger partial charge in [-0.3, -0.25) is 0 Å². The Labute approximate surface area is 94.2 Å². The summed E-state index contributed by atoms with van der Waals surface area (Å²) in [5, 5.41) is 0. The predicted octanol–water partition coefficient (Wildman–Crippen LogP) is 3.27. The van der Waals surface area contributed by atoms with Gasteiger partial charge in [-0.1, -0.05) is 15.9 Å². The lowest BCUT2D eigenvalue weighted by Crippen LogP contribution is -2.38. The molecule has 1 rings (SSSR count). The molecular weight excluding hydrogens is 240 g/mol. The van der Waals surface area contributed by atoms with Crippen LogP contribution in [0.1, 0.15) is 20.8 Å². The molecule has 0 amide bonds. The van der Waals surface area contributed by atoms with E-state index in [9.17, 15) is 0 Å². The summed E-state index contributed by atoms with van der Waals surface area (Å²) in [5.74, 6) is 0. The fourth-order valence-corrected chi connectivity index (χ4v) is 1.57. The normalized spacial score (nSPS) is 11.5. The summed E-state index contributed by atoms with van der Waals surface area (Å²) in [6, 6.07) is 5.97. The molecule has 78 valence electrons. The molecule has 1 aromatic rings. The lowest BCUT2D eigenvalue weighted by Gasteiger charge is -2.34. The van der Waals surface area contributed by atoms with Crippen molar-refractivity contribution in [3.05, 3.63) is 22.7 Å². The fourth-order valence-electron chi connectivity index (χ4n) is 1.19. The number of nitrogens with two attached hydrogens (primary N) is 1. The van der Waals surface area contributed by atoms with Gasteiger partial charge in [0.25, 0.3) is 0 Å². The minimum atomic E-state index is 0.0853. The van der Waals surface area contributed by atoms with Gasteiger partial charge in [-0.25, -0.2) is 0 Å². The molecule has 0 aromatic heterocycles. The average Bonchev–Trinajstić information content (AvgIpc) is 2.01. The summed E-state index contributed by atoms with van der Waals surface area (Å²) >= 11 is 3.40. The largest absolute Gasteiger partial charge is 0.397 e. The average molecular weight is 257 g/mol. The molecule has 0 unspecified atom stereocenters. The van der Waals surface area contributed by atoms with E-state index in [1.54, 1.807) is 0 Å². The number of hydrogen-bond donors (Lipinski definition) is 1. The summed E-state index contributed by atoms with van der Waals surface area (Å²) in [5.41, 5.74) is 7.91. The Morgan fingerprint density at radius 1 is 1.29 bits per heavy atom. The van der Waals surface area contributed by atoms with Crippen LogP contribution in [-0.2, 0) is 0 Å². The molecule has 2 nitrogen and oxygen atoms in total. The second-order valence-corrected chi connectivity index (χ2v) is 5.35. The first-order valence-electron chi connectivity index (χ1n) is 4.61. The first-order valence-corrected chi connectivity index (χ1v) is 5.40. The molecule has 0 saturated heterocycles. The molecule has 0 heterocycles. The molecule has 0 radical (unpaired) electrons. The van der Waals surface area contributed by atoms with E-state index in [1.807, 2.05) is 18.2 Å². The highest BCUT2D eigenvalue weighted by Gasteiger charge is 2.18. The Balaban J connectivity index is 3.08. The van der Waals surface area contributed by atoms with Crippen molar-refractivity contribution in [3.63, 3.8) is 0 Å². The third-order valence-corrected chi connectivity index (χ3v) is 2.85. The first kappa shape index (κ1) is 11.4. The highest BCUT2D eigenvalue weighted by Crippen LogP contribution is 2.29. The Bertz CT molecular complexity index is 329. The second-order valence-electron chi connectivity index (χ2n) is 4.43. The molecule has 1 aromatic carbocycles. The van der Waals surface area contributed by atoms with Crippen molar-refractivity contribution in [1.82, 2.24) is 0 Å². The van der Waals surface area contributed by atoms with Gasteiger partial charge in [0, 0.05) is 17.1 Å². The van der Waals surface area contributed by atoms with Gasteiger partial charge in [0.15, 0.2) is 0 Å². The molecule has 0 aliphatic carbocycles. The van der Waals surface area contributed by atoms with Crippen LogP contribution in [0.4, 0.5) is 11.4 Å². The van der Waals surface area contributed by atoms with E-state index < -0.39 is 0 Å². The summed E-state index contributed by atoms with van der Waals surface area (Å²) in [6.45, 7) is 6.48. The molecule has 0 atom stereocenters. The minimum Gasteiger partial charge on any atom is -0.397 e. The van der Waals surface area contributed by atoms with Gasteiger partial charge in [-0.15, -0.1) is 0 Å². The number of rotatable bonds is 1. The molecule has 0 aliphatic rings. The van der Waals surface area contributed by atoms with Gasteiger partial charge in [0.2, 0.25) is 0 Å². The zero-order valence-electron chi connectivity index (χ0n) is 9.13. The quantitative estimate of drug-likeness (QED) is 0.782. The van der Waals surface area contributed by atoms with Crippen LogP contribution in [0.5, 0.6) is 0 Å². The van der Waals surface area contributed by atoms with Crippen molar-refractivity contribution in [1.29, 1.82) is 0 Å². The van der Waals surface area contributed by atoms with Gasteiger partial charge >= 0.3 is 0 Å². The van der Waals surface area contributed by atoms with Gasteiger partial charge in [-0.05, 0) is 39.0 Å². The van der Waals surface area contributed by atoms with E-state index >= 15 is 0 Å². The Hall–Kier alpha value is -0.700. The van der Waals surface area contributed by atoms with Gasteiger partial charge in [0.05, 0.1) is 11.4 Å². The number of benzene rings is 1. The van der Waals surface area contributed by atoms with Crippen LogP contribution in [0.25, 0.3) is 0 Å². The maximum atomic E-state index is 5.95. The molecule has 0 aliphatic heterocycles. The van der Waals surface area contributed by atoms with Crippen LogP contribution in [0, 0.1) is 0 Å². The van der Waals surface area contributed by atoms with E-state index in [2.05, 4.69) is 48.6 Å². The fraction of sp³-hybridized carbons (Fsp3) is 0.455. The number of nitrogen functional groups attached to an aromatic ring is 1. The van der Waals surface area contributed by atoms with Crippen molar-refractivity contribution in [2.45, 2.75) is 26.3 Å². The molecule has 0 bridgehead atoms. The monoisotopic (exact) mass is 256 g/mol.